The fourth-order valence-corrected chi connectivity index (χ4v) is 2.75. The molecule has 1 nitrogen and oxygen atoms in total. The van der Waals surface area contributed by atoms with Crippen molar-refractivity contribution in [3.05, 3.63) is 77.7 Å². The molecular weight excluding hydrogens is 226 g/mol. The molecule has 0 atom stereocenters. The van der Waals surface area contributed by atoms with Crippen molar-refractivity contribution in [1.29, 1.82) is 0 Å². The Labute approximate surface area is 106 Å². The first-order valence-corrected chi connectivity index (χ1v) is 6.43. The Morgan fingerprint density at radius 1 is 0.706 bits per heavy atom. The molecule has 83 valence electrons. The average Bonchev–Trinajstić information content (AvgIpc) is 2.90. The minimum atomic E-state index is 1.20. The number of benzene rings is 2. The van der Waals surface area contributed by atoms with Crippen LogP contribution in [-0.4, -0.2) is 0 Å². The topological polar surface area (TPSA) is 12.0 Å². The predicted octanol–water partition coefficient (Wildman–Crippen LogP) is 3.97. The van der Waals surface area contributed by atoms with Gasteiger partial charge in [-0.05, 0) is 11.1 Å². The lowest BCUT2D eigenvalue weighted by molar-refractivity contribution is 1.21. The van der Waals surface area contributed by atoms with Crippen molar-refractivity contribution >= 4 is 22.4 Å². The summed E-state index contributed by atoms with van der Waals surface area (Å²) in [5.41, 5.74) is 3.69. The average molecular weight is 238 g/mol. The van der Waals surface area contributed by atoms with Gasteiger partial charge in [-0.3, -0.25) is 0 Å². The van der Waals surface area contributed by atoms with E-state index in [1.807, 2.05) is 18.0 Å². The van der Waals surface area contributed by atoms with Gasteiger partial charge in [0.2, 0.25) is 0 Å². The van der Waals surface area contributed by atoms with Gasteiger partial charge in [0.25, 0.3) is 0 Å². The highest BCUT2D eigenvalue weighted by Gasteiger charge is 2.17. The first kappa shape index (κ1) is 10.5. The van der Waals surface area contributed by atoms with Gasteiger partial charge in [-0.2, -0.15) is 0 Å². The third-order valence-electron chi connectivity index (χ3n) is 2.71. The van der Waals surface area contributed by atoms with E-state index in [9.17, 15) is 0 Å². The lowest BCUT2D eigenvalue weighted by Gasteiger charge is -2.06. The number of rotatable bonds is 2. The summed E-state index contributed by atoms with van der Waals surface area (Å²) in [6.45, 7) is 0. The summed E-state index contributed by atoms with van der Waals surface area (Å²) in [7, 11) is 0. The monoisotopic (exact) mass is 238 g/mol. The molecule has 0 saturated heterocycles. The zero-order valence-corrected chi connectivity index (χ0v) is 10.1. The third kappa shape index (κ3) is 2.08. The van der Waals surface area contributed by atoms with E-state index in [1.165, 1.54) is 21.7 Å². The van der Waals surface area contributed by atoms with Crippen LogP contribution in [0.4, 0.5) is 0 Å². The van der Waals surface area contributed by atoms with Crippen molar-refractivity contribution in [1.82, 2.24) is 5.32 Å². The van der Waals surface area contributed by atoms with Crippen LogP contribution in [0.15, 0.2) is 60.7 Å². The maximum absolute atomic E-state index is 3.34. The van der Waals surface area contributed by atoms with Crippen molar-refractivity contribution in [2.45, 2.75) is 0 Å². The summed E-state index contributed by atoms with van der Waals surface area (Å²) >= 11 is 1.74. The Balaban J connectivity index is 2.08. The number of hydrogen-bond acceptors (Lipinski definition) is 2. The van der Waals surface area contributed by atoms with Gasteiger partial charge in [-0.15, -0.1) is 0 Å². The second-order valence-electron chi connectivity index (χ2n) is 3.82. The molecule has 0 aromatic heterocycles. The molecule has 0 unspecified atom stereocenters. The summed E-state index contributed by atoms with van der Waals surface area (Å²) in [5, 5.41) is 3.34. The molecule has 0 aliphatic carbocycles. The minimum absolute atomic E-state index is 1.20. The van der Waals surface area contributed by atoms with E-state index in [0.29, 0.717) is 0 Å². The number of thioether (sulfide) groups is 1. The normalized spacial score (nSPS) is 14.8. The molecule has 0 bridgehead atoms. The van der Waals surface area contributed by atoms with Crippen LogP contribution in [0.1, 0.15) is 11.1 Å². The molecule has 1 heterocycles. The Kier molecular flexibility index (Phi) is 2.88. The first-order valence-electron chi connectivity index (χ1n) is 5.55. The Bertz CT molecular complexity index is 482. The summed E-state index contributed by atoms with van der Waals surface area (Å²) < 4.78 is 0. The van der Waals surface area contributed by atoms with E-state index in [0.717, 1.165) is 0 Å². The standard InChI is InChI=1S/C15H12NS/c1-3-7-12(8-4-1)14-15(17-11-16-14)13-9-5-2-6-10-13/h1-11,16H. The summed E-state index contributed by atoms with van der Waals surface area (Å²) in [6.07, 6.45) is 0. The zero-order chi connectivity index (χ0) is 11.5. The van der Waals surface area contributed by atoms with Crippen LogP contribution < -0.4 is 5.32 Å². The zero-order valence-electron chi connectivity index (χ0n) is 9.26. The molecular formula is C15H12NS. The van der Waals surface area contributed by atoms with Crippen molar-refractivity contribution in [2.75, 3.05) is 0 Å². The number of nitrogens with one attached hydrogen (secondary N) is 1. The molecule has 3 rings (SSSR count). The second kappa shape index (κ2) is 4.68. The van der Waals surface area contributed by atoms with E-state index >= 15 is 0 Å². The van der Waals surface area contributed by atoms with E-state index in [1.54, 1.807) is 11.8 Å². The van der Waals surface area contributed by atoms with E-state index in [-0.39, 0.29) is 0 Å². The van der Waals surface area contributed by atoms with Crippen LogP contribution in [0, 0.1) is 5.88 Å². The maximum atomic E-state index is 3.34. The van der Waals surface area contributed by atoms with Gasteiger partial charge < -0.3 is 5.32 Å². The Hall–Kier alpha value is -1.67. The van der Waals surface area contributed by atoms with Crippen LogP contribution >= 0.6 is 11.8 Å². The fraction of sp³-hybridized carbons (Fsp3) is 0. The summed E-state index contributed by atoms with van der Waals surface area (Å²) in [5.74, 6) is 2.03. The van der Waals surface area contributed by atoms with E-state index < -0.39 is 0 Å². The fourth-order valence-electron chi connectivity index (χ4n) is 1.89. The molecule has 2 heteroatoms. The van der Waals surface area contributed by atoms with Gasteiger partial charge in [0.15, 0.2) is 0 Å². The molecule has 1 aliphatic heterocycles. The lowest BCUT2D eigenvalue weighted by Crippen LogP contribution is -2.01. The minimum Gasteiger partial charge on any atom is -0.369 e. The molecule has 0 spiro atoms. The highest BCUT2D eigenvalue weighted by molar-refractivity contribution is 8.10. The third-order valence-corrected chi connectivity index (χ3v) is 3.62. The number of hydrogen-bond donors (Lipinski definition) is 1. The second-order valence-corrected chi connectivity index (χ2v) is 4.70. The predicted molar refractivity (Wildman–Crippen MR) is 74.7 cm³/mol. The van der Waals surface area contributed by atoms with Gasteiger partial charge in [0, 0.05) is 4.91 Å². The molecule has 0 amide bonds. The van der Waals surface area contributed by atoms with Crippen molar-refractivity contribution in [3.8, 4) is 0 Å². The molecule has 1 aliphatic rings. The summed E-state index contributed by atoms with van der Waals surface area (Å²) in [4.78, 5) is 1.29. The van der Waals surface area contributed by atoms with Crippen LogP contribution in [-0.2, 0) is 0 Å². The molecule has 1 N–H and O–H groups in total. The highest BCUT2D eigenvalue weighted by Crippen LogP contribution is 2.40. The molecule has 2 aromatic carbocycles. The van der Waals surface area contributed by atoms with Gasteiger partial charge in [0.05, 0.1) is 5.70 Å². The molecule has 0 fully saturated rings. The van der Waals surface area contributed by atoms with Crippen LogP contribution in [0.25, 0.3) is 10.6 Å². The smallest absolute Gasteiger partial charge is 0.107 e. The van der Waals surface area contributed by atoms with Crippen molar-refractivity contribution < 1.29 is 0 Å². The van der Waals surface area contributed by atoms with Gasteiger partial charge in [-0.1, -0.05) is 72.4 Å². The summed E-state index contributed by atoms with van der Waals surface area (Å²) in [6, 6.07) is 20.9. The quantitative estimate of drug-likeness (QED) is 0.849. The molecule has 17 heavy (non-hydrogen) atoms. The largest absolute Gasteiger partial charge is 0.369 e. The highest BCUT2D eigenvalue weighted by atomic mass is 32.2. The van der Waals surface area contributed by atoms with Gasteiger partial charge in [0.1, 0.15) is 5.88 Å². The first-order chi connectivity index (χ1) is 8.45. The van der Waals surface area contributed by atoms with Crippen LogP contribution in [0.2, 0.25) is 0 Å². The Morgan fingerprint density at radius 3 is 1.94 bits per heavy atom. The maximum Gasteiger partial charge on any atom is 0.107 e. The lowest BCUT2D eigenvalue weighted by atomic mass is 10.1. The van der Waals surface area contributed by atoms with E-state index in [4.69, 9.17) is 0 Å². The van der Waals surface area contributed by atoms with Crippen molar-refractivity contribution in [3.63, 3.8) is 0 Å². The molecule has 0 saturated carbocycles. The SMILES string of the molecule is [CH]1NC(c2ccccc2)=C(c2ccccc2)S1. The Morgan fingerprint density at radius 2 is 1.29 bits per heavy atom. The van der Waals surface area contributed by atoms with Gasteiger partial charge >= 0.3 is 0 Å². The van der Waals surface area contributed by atoms with Crippen LogP contribution in [0.3, 0.4) is 0 Å². The van der Waals surface area contributed by atoms with Crippen molar-refractivity contribution in [2.24, 2.45) is 0 Å². The van der Waals surface area contributed by atoms with E-state index in [2.05, 4.69) is 53.8 Å². The van der Waals surface area contributed by atoms with Gasteiger partial charge in [-0.25, -0.2) is 0 Å². The molecule has 2 aromatic rings. The van der Waals surface area contributed by atoms with Crippen LogP contribution in [0.5, 0.6) is 0 Å². The molecule has 1 radical (unpaired) electrons.